The van der Waals surface area contributed by atoms with Crippen molar-refractivity contribution in [3.8, 4) is 0 Å². The molecule has 20 heavy (non-hydrogen) atoms. The van der Waals surface area contributed by atoms with Crippen LogP contribution in [-0.2, 0) is 0 Å². The van der Waals surface area contributed by atoms with Crippen LogP contribution in [0.15, 0.2) is 48.5 Å². The maximum atomic E-state index is 12.3. The molecule has 0 bridgehead atoms. The van der Waals surface area contributed by atoms with Gasteiger partial charge in [-0.25, -0.2) is 0 Å². The van der Waals surface area contributed by atoms with Gasteiger partial charge in [-0.05, 0) is 36.2 Å². The summed E-state index contributed by atoms with van der Waals surface area (Å²) in [6.07, 6.45) is 0. The van der Waals surface area contributed by atoms with E-state index in [0.29, 0.717) is 15.9 Å². The second-order valence-electron chi connectivity index (χ2n) is 4.55. The topological polar surface area (TPSA) is 29.1 Å². The van der Waals surface area contributed by atoms with Crippen LogP contribution in [0.2, 0.25) is 5.02 Å². The van der Waals surface area contributed by atoms with Crippen LogP contribution in [0.25, 0.3) is 0 Å². The van der Waals surface area contributed by atoms with Crippen LogP contribution >= 0.6 is 27.5 Å². The standard InChI is InChI=1S/C16H15BrClNO/c1-11-9-13(7-8-14(11)18)16(20)19-15(10-17)12-5-3-2-4-6-12/h2-9,15H,10H2,1H3,(H,19,20). The summed E-state index contributed by atoms with van der Waals surface area (Å²) in [5.41, 5.74) is 2.59. The fraction of sp³-hybridized carbons (Fsp3) is 0.188. The van der Waals surface area contributed by atoms with E-state index < -0.39 is 0 Å². The van der Waals surface area contributed by atoms with Gasteiger partial charge in [0.1, 0.15) is 0 Å². The number of alkyl halides is 1. The zero-order valence-electron chi connectivity index (χ0n) is 11.1. The molecule has 1 N–H and O–H groups in total. The van der Waals surface area contributed by atoms with Crippen molar-refractivity contribution in [1.29, 1.82) is 0 Å². The lowest BCUT2D eigenvalue weighted by molar-refractivity contribution is 0.0940. The summed E-state index contributed by atoms with van der Waals surface area (Å²) in [5, 5.41) is 4.35. The Morgan fingerprint density at radius 3 is 2.55 bits per heavy atom. The quantitative estimate of drug-likeness (QED) is 0.806. The molecule has 0 saturated carbocycles. The first kappa shape index (κ1) is 15.1. The number of hydrogen-bond acceptors (Lipinski definition) is 1. The molecule has 2 aromatic rings. The first-order valence-corrected chi connectivity index (χ1v) is 7.79. The van der Waals surface area contributed by atoms with E-state index in [4.69, 9.17) is 11.6 Å². The Hall–Kier alpha value is -1.32. The molecule has 0 aliphatic carbocycles. The van der Waals surface area contributed by atoms with Crippen molar-refractivity contribution in [2.75, 3.05) is 5.33 Å². The Kier molecular flexibility index (Phi) is 5.21. The number of benzene rings is 2. The van der Waals surface area contributed by atoms with E-state index in [2.05, 4.69) is 21.2 Å². The van der Waals surface area contributed by atoms with Crippen molar-refractivity contribution in [3.05, 3.63) is 70.2 Å². The first-order valence-electron chi connectivity index (χ1n) is 6.29. The Balaban J connectivity index is 2.15. The van der Waals surface area contributed by atoms with Crippen molar-refractivity contribution >= 4 is 33.4 Å². The van der Waals surface area contributed by atoms with Crippen molar-refractivity contribution in [2.24, 2.45) is 0 Å². The zero-order valence-corrected chi connectivity index (χ0v) is 13.4. The molecule has 0 aromatic heterocycles. The summed E-state index contributed by atoms with van der Waals surface area (Å²) in [6.45, 7) is 1.89. The summed E-state index contributed by atoms with van der Waals surface area (Å²) >= 11 is 9.42. The third kappa shape index (κ3) is 3.62. The highest BCUT2D eigenvalue weighted by Gasteiger charge is 2.14. The number of carbonyl (C=O) groups is 1. The van der Waals surface area contributed by atoms with Crippen LogP contribution in [0, 0.1) is 6.92 Å². The molecular formula is C16H15BrClNO. The second-order valence-corrected chi connectivity index (χ2v) is 5.61. The maximum Gasteiger partial charge on any atom is 0.251 e. The van der Waals surface area contributed by atoms with Gasteiger partial charge >= 0.3 is 0 Å². The molecule has 0 aliphatic heterocycles. The minimum absolute atomic E-state index is 0.0558. The number of rotatable bonds is 4. The lowest BCUT2D eigenvalue weighted by atomic mass is 10.1. The molecular weight excluding hydrogens is 338 g/mol. The number of halogens is 2. The summed E-state index contributed by atoms with van der Waals surface area (Å²) < 4.78 is 0. The van der Waals surface area contributed by atoms with E-state index in [1.807, 2.05) is 37.3 Å². The zero-order chi connectivity index (χ0) is 14.5. The van der Waals surface area contributed by atoms with Crippen LogP contribution in [0.3, 0.4) is 0 Å². The van der Waals surface area contributed by atoms with E-state index in [1.165, 1.54) is 0 Å². The van der Waals surface area contributed by atoms with Crippen LogP contribution < -0.4 is 5.32 Å². The van der Waals surface area contributed by atoms with E-state index in [9.17, 15) is 4.79 Å². The number of aryl methyl sites for hydroxylation is 1. The maximum absolute atomic E-state index is 12.3. The summed E-state index contributed by atoms with van der Waals surface area (Å²) in [6, 6.07) is 15.1. The average molecular weight is 353 g/mol. The van der Waals surface area contributed by atoms with Crippen molar-refractivity contribution in [3.63, 3.8) is 0 Å². The average Bonchev–Trinajstić information content (AvgIpc) is 2.48. The Labute approximate surface area is 132 Å². The van der Waals surface area contributed by atoms with Gasteiger partial charge in [-0.3, -0.25) is 4.79 Å². The molecule has 2 rings (SSSR count). The molecule has 104 valence electrons. The van der Waals surface area contributed by atoms with Gasteiger partial charge in [0.05, 0.1) is 6.04 Å². The molecule has 1 unspecified atom stereocenters. The van der Waals surface area contributed by atoms with Crippen LogP contribution in [0.5, 0.6) is 0 Å². The van der Waals surface area contributed by atoms with Gasteiger partial charge in [0, 0.05) is 15.9 Å². The molecule has 0 aliphatic rings. The molecule has 0 saturated heterocycles. The minimum atomic E-state index is -0.0990. The molecule has 2 aromatic carbocycles. The monoisotopic (exact) mass is 351 g/mol. The van der Waals surface area contributed by atoms with Gasteiger partial charge in [0.15, 0.2) is 0 Å². The van der Waals surface area contributed by atoms with E-state index in [0.717, 1.165) is 11.1 Å². The van der Waals surface area contributed by atoms with Crippen molar-refractivity contribution < 1.29 is 4.79 Å². The molecule has 1 amide bonds. The Morgan fingerprint density at radius 2 is 1.95 bits per heavy atom. The third-order valence-electron chi connectivity index (χ3n) is 3.08. The fourth-order valence-corrected chi connectivity index (χ4v) is 2.58. The third-order valence-corrected chi connectivity index (χ3v) is 4.15. The Morgan fingerprint density at radius 1 is 1.25 bits per heavy atom. The van der Waals surface area contributed by atoms with Gasteiger partial charge in [0.2, 0.25) is 0 Å². The predicted octanol–water partition coefficient (Wildman–Crippen LogP) is 4.51. The summed E-state index contributed by atoms with van der Waals surface area (Å²) in [4.78, 5) is 12.3. The van der Waals surface area contributed by atoms with Crippen molar-refractivity contribution in [2.45, 2.75) is 13.0 Å². The highest BCUT2D eigenvalue weighted by molar-refractivity contribution is 9.09. The molecule has 1 atom stereocenters. The van der Waals surface area contributed by atoms with Crippen LogP contribution in [0.4, 0.5) is 0 Å². The number of hydrogen-bond donors (Lipinski definition) is 1. The molecule has 2 nitrogen and oxygen atoms in total. The van der Waals surface area contributed by atoms with Crippen molar-refractivity contribution in [1.82, 2.24) is 5.32 Å². The number of nitrogens with one attached hydrogen (secondary N) is 1. The lowest BCUT2D eigenvalue weighted by Gasteiger charge is -2.17. The second kappa shape index (κ2) is 6.91. The number of amides is 1. The molecule has 4 heteroatoms. The largest absolute Gasteiger partial charge is 0.344 e. The summed E-state index contributed by atoms with van der Waals surface area (Å²) in [7, 11) is 0. The first-order chi connectivity index (χ1) is 9.61. The molecule has 0 heterocycles. The molecule has 0 fully saturated rings. The van der Waals surface area contributed by atoms with Gasteiger partial charge in [-0.2, -0.15) is 0 Å². The fourth-order valence-electron chi connectivity index (χ4n) is 1.92. The van der Waals surface area contributed by atoms with Gasteiger partial charge in [0.25, 0.3) is 5.91 Å². The van der Waals surface area contributed by atoms with Gasteiger partial charge in [-0.1, -0.05) is 57.9 Å². The van der Waals surface area contributed by atoms with E-state index in [1.54, 1.807) is 18.2 Å². The minimum Gasteiger partial charge on any atom is -0.344 e. The van der Waals surface area contributed by atoms with E-state index >= 15 is 0 Å². The van der Waals surface area contributed by atoms with Crippen LogP contribution in [-0.4, -0.2) is 11.2 Å². The highest BCUT2D eigenvalue weighted by Crippen LogP contribution is 2.19. The smallest absolute Gasteiger partial charge is 0.251 e. The van der Waals surface area contributed by atoms with Gasteiger partial charge < -0.3 is 5.32 Å². The SMILES string of the molecule is Cc1cc(C(=O)NC(CBr)c2ccccc2)ccc1Cl. The summed E-state index contributed by atoms with van der Waals surface area (Å²) in [5.74, 6) is -0.0990. The highest BCUT2D eigenvalue weighted by atomic mass is 79.9. The predicted molar refractivity (Wildman–Crippen MR) is 86.6 cm³/mol. The molecule has 0 radical (unpaired) electrons. The van der Waals surface area contributed by atoms with Gasteiger partial charge in [-0.15, -0.1) is 0 Å². The number of carbonyl (C=O) groups excluding carboxylic acids is 1. The Bertz CT molecular complexity index is 601. The molecule has 0 spiro atoms. The normalized spacial score (nSPS) is 11.9. The lowest BCUT2D eigenvalue weighted by Crippen LogP contribution is -2.29. The van der Waals surface area contributed by atoms with E-state index in [-0.39, 0.29) is 11.9 Å². The van der Waals surface area contributed by atoms with Crippen LogP contribution in [0.1, 0.15) is 27.5 Å².